The summed E-state index contributed by atoms with van der Waals surface area (Å²) in [5.41, 5.74) is 0.0821. The summed E-state index contributed by atoms with van der Waals surface area (Å²) >= 11 is 3.32. The van der Waals surface area contributed by atoms with Crippen molar-refractivity contribution in [2.45, 2.75) is 0 Å². The van der Waals surface area contributed by atoms with Crippen molar-refractivity contribution in [2.75, 3.05) is 0 Å². The largest absolute Gasteiger partial charge is 0.333 e. The average molecular weight is 318 g/mol. The van der Waals surface area contributed by atoms with Gasteiger partial charge in [0.1, 0.15) is 0 Å². The summed E-state index contributed by atoms with van der Waals surface area (Å²) in [6, 6.07) is 8.52. The molecule has 0 atom stereocenters. The number of halogens is 1. The minimum atomic E-state index is -0.489. The van der Waals surface area contributed by atoms with Crippen LogP contribution in [0.5, 0.6) is 0 Å². The number of nitrogens with one attached hydrogen (secondary N) is 1. The zero-order chi connectivity index (χ0) is 13.4. The third-order valence-corrected chi connectivity index (χ3v) is 3.45. The van der Waals surface area contributed by atoms with Gasteiger partial charge in [0.25, 0.3) is 5.56 Å². The van der Waals surface area contributed by atoms with Crippen LogP contribution in [0, 0.1) is 0 Å². The molecule has 0 saturated carbocycles. The lowest BCUT2D eigenvalue weighted by molar-refractivity contribution is 0.894. The summed E-state index contributed by atoms with van der Waals surface area (Å²) in [5.74, 6) is 0. The molecule has 0 radical (unpaired) electrons. The highest BCUT2D eigenvalue weighted by atomic mass is 79.9. The van der Waals surface area contributed by atoms with Crippen LogP contribution >= 0.6 is 15.9 Å². The molecule has 1 aromatic carbocycles. The van der Waals surface area contributed by atoms with Gasteiger partial charge in [-0.05, 0) is 40.2 Å². The molecule has 0 amide bonds. The fourth-order valence-electron chi connectivity index (χ4n) is 1.93. The first-order valence-corrected chi connectivity index (χ1v) is 6.32. The van der Waals surface area contributed by atoms with Crippen molar-refractivity contribution >= 4 is 26.8 Å². The number of pyridine rings is 1. The van der Waals surface area contributed by atoms with E-state index in [1.807, 2.05) is 0 Å². The summed E-state index contributed by atoms with van der Waals surface area (Å²) in [5, 5.41) is 0.442. The van der Waals surface area contributed by atoms with Gasteiger partial charge in [-0.25, -0.2) is 9.36 Å². The molecule has 0 aliphatic heterocycles. The van der Waals surface area contributed by atoms with E-state index in [0.717, 1.165) is 4.57 Å². The highest BCUT2D eigenvalue weighted by Crippen LogP contribution is 2.18. The Bertz CT molecular complexity index is 868. The van der Waals surface area contributed by atoms with Crippen LogP contribution in [0.15, 0.2) is 56.8 Å². The second kappa shape index (κ2) is 4.47. The van der Waals surface area contributed by atoms with Crippen LogP contribution in [0.3, 0.4) is 0 Å². The fraction of sp³-hybridized carbons (Fsp3) is 0. The first-order chi connectivity index (χ1) is 9.18. The Labute approximate surface area is 115 Å². The van der Waals surface area contributed by atoms with Crippen LogP contribution < -0.4 is 11.2 Å². The van der Waals surface area contributed by atoms with Crippen LogP contribution in [0.1, 0.15) is 0 Å². The maximum atomic E-state index is 12.4. The van der Waals surface area contributed by atoms with E-state index in [1.165, 1.54) is 6.20 Å². The van der Waals surface area contributed by atoms with E-state index in [4.69, 9.17) is 0 Å². The maximum Gasteiger partial charge on any atom is 0.333 e. The second-order valence-electron chi connectivity index (χ2n) is 3.94. The number of fused-ring (bicyclic) bond motifs is 1. The molecule has 0 unspecified atom stereocenters. The summed E-state index contributed by atoms with van der Waals surface area (Å²) in [7, 11) is 0. The summed E-state index contributed by atoms with van der Waals surface area (Å²) in [6.45, 7) is 0. The lowest BCUT2D eigenvalue weighted by Crippen LogP contribution is -2.33. The first-order valence-electron chi connectivity index (χ1n) is 5.52. The average Bonchev–Trinajstić information content (AvgIpc) is 2.41. The molecule has 1 N–H and O–H groups in total. The summed E-state index contributed by atoms with van der Waals surface area (Å²) in [6.07, 6.45) is 3.06. The Hall–Kier alpha value is -2.21. The van der Waals surface area contributed by atoms with E-state index in [0.29, 0.717) is 21.1 Å². The molecule has 0 bridgehead atoms. The molecule has 3 rings (SSSR count). The smallest absolute Gasteiger partial charge is 0.305 e. The number of para-hydroxylation sites is 1. The normalized spacial score (nSPS) is 10.8. The van der Waals surface area contributed by atoms with Gasteiger partial charge < -0.3 is 4.98 Å². The molecule has 0 aliphatic rings. The molecule has 3 aromatic rings. The molecule has 94 valence electrons. The van der Waals surface area contributed by atoms with E-state index >= 15 is 0 Å². The van der Waals surface area contributed by atoms with Crippen LogP contribution in [-0.2, 0) is 0 Å². The van der Waals surface area contributed by atoms with Crippen LogP contribution in [0.2, 0.25) is 0 Å². The minimum absolute atomic E-state index is 0.368. The molecule has 19 heavy (non-hydrogen) atoms. The number of aromatic nitrogens is 3. The topological polar surface area (TPSA) is 67.8 Å². The van der Waals surface area contributed by atoms with Crippen molar-refractivity contribution in [3.63, 3.8) is 0 Å². The van der Waals surface area contributed by atoms with Gasteiger partial charge in [0.2, 0.25) is 0 Å². The third kappa shape index (κ3) is 1.90. The van der Waals surface area contributed by atoms with Gasteiger partial charge in [-0.2, -0.15) is 0 Å². The zero-order valence-electron chi connectivity index (χ0n) is 9.63. The quantitative estimate of drug-likeness (QED) is 0.744. The number of hydrogen-bond acceptors (Lipinski definition) is 3. The van der Waals surface area contributed by atoms with Crippen molar-refractivity contribution in [1.82, 2.24) is 14.5 Å². The number of nitrogens with zero attached hydrogens (tertiary/aromatic N) is 2. The van der Waals surface area contributed by atoms with Gasteiger partial charge >= 0.3 is 5.69 Å². The molecular formula is C13H8BrN3O2. The Morgan fingerprint density at radius 3 is 2.74 bits per heavy atom. The Balaban J connectivity index is 2.47. The van der Waals surface area contributed by atoms with Crippen molar-refractivity contribution in [3.8, 4) is 5.69 Å². The molecule has 2 heterocycles. The highest BCUT2D eigenvalue weighted by molar-refractivity contribution is 9.10. The first kappa shape index (κ1) is 11.9. The molecule has 6 heteroatoms. The molecule has 0 aliphatic carbocycles. The Kier molecular flexibility index (Phi) is 2.79. The molecule has 0 saturated heterocycles. The molecule has 5 nitrogen and oxygen atoms in total. The van der Waals surface area contributed by atoms with Gasteiger partial charge in [0.05, 0.1) is 22.8 Å². The zero-order valence-corrected chi connectivity index (χ0v) is 11.2. The van der Waals surface area contributed by atoms with E-state index in [2.05, 4.69) is 25.9 Å². The second-order valence-corrected chi connectivity index (χ2v) is 4.80. The van der Waals surface area contributed by atoms with Gasteiger partial charge in [0.15, 0.2) is 0 Å². The number of H-pyrrole nitrogens is 1. The van der Waals surface area contributed by atoms with Gasteiger partial charge in [-0.3, -0.25) is 9.78 Å². The molecule has 2 aromatic heterocycles. The van der Waals surface area contributed by atoms with E-state index in [9.17, 15) is 9.59 Å². The predicted octanol–water partition coefficient (Wildman–Crippen LogP) is 1.84. The van der Waals surface area contributed by atoms with E-state index < -0.39 is 5.69 Å². The maximum absolute atomic E-state index is 12.4. The van der Waals surface area contributed by atoms with Crippen LogP contribution in [0.25, 0.3) is 16.6 Å². The van der Waals surface area contributed by atoms with Gasteiger partial charge in [-0.15, -0.1) is 0 Å². The van der Waals surface area contributed by atoms with Crippen molar-refractivity contribution in [2.24, 2.45) is 0 Å². The van der Waals surface area contributed by atoms with E-state index in [-0.39, 0.29) is 5.56 Å². The van der Waals surface area contributed by atoms with Gasteiger partial charge in [0, 0.05) is 10.7 Å². The monoisotopic (exact) mass is 317 g/mol. The number of rotatable bonds is 1. The highest BCUT2D eigenvalue weighted by Gasteiger charge is 2.10. The minimum Gasteiger partial charge on any atom is -0.305 e. The Morgan fingerprint density at radius 2 is 2.00 bits per heavy atom. The Morgan fingerprint density at radius 1 is 1.16 bits per heavy atom. The molecular weight excluding hydrogens is 310 g/mol. The van der Waals surface area contributed by atoms with Crippen LogP contribution in [-0.4, -0.2) is 14.5 Å². The predicted molar refractivity (Wildman–Crippen MR) is 75.7 cm³/mol. The number of aromatic amines is 1. The third-order valence-electron chi connectivity index (χ3n) is 2.79. The summed E-state index contributed by atoms with van der Waals surface area (Å²) < 4.78 is 1.75. The van der Waals surface area contributed by atoms with Crippen molar-refractivity contribution in [3.05, 3.63) is 68.0 Å². The summed E-state index contributed by atoms with van der Waals surface area (Å²) in [4.78, 5) is 31.1. The SMILES string of the molecule is O=c1[nH]c2c(Br)cccc2c(=O)n1-c1cccnc1. The number of benzene rings is 1. The lowest BCUT2D eigenvalue weighted by atomic mass is 10.2. The van der Waals surface area contributed by atoms with Gasteiger partial charge in [-0.1, -0.05) is 6.07 Å². The standard InChI is InChI=1S/C13H8BrN3O2/c14-10-5-1-4-9-11(10)16-13(19)17(12(9)18)8-3-2-6-15-7-8/h1-7H,(H,16,19). The van der Waals surface area contributed by atoms with E-state index in [1.54, 1.807) is 36.5 Å². The lowest BCUT2D eigenvalue weighted by Gasteiger charge is -2.06. The molecule has 0 spiro atoms. The van der Waals surface area contributed by atoms with Crippen molar-refractivity contribution < 1.29 is 0 Å². The molecule has 0 fully saturated rings. The van der Waals surface area contributed by atoms with Crippen LogP contribution in [0.4, 0.5) is 0 Å². The fourth-order valence-corrected chi connectivity index (χ4v) is 2.39. The van der Waals surface area contributed by atoms with Crippen molar-refractivity contribution in [1.29, 1.82) is 0 Å². The number of hydrogen-bond donors (Lipinski definition) is 1.